The molecule has 154 valence electrons. The topological polar surface area (TPSA) is 56.4 Å². The molecule has 4 rings (SSSR count). The minimum absolute atomic E-state index is 0.00108. The summed E-state index contributed by atoms with van der Waals surface area (Å²) in [6, 6.07) is 21.8. The van der Waals surface area contributed by atoms with Crippen LogP contribution in [-0.4, -0.2) is 40.8 Å². The number of piperazine rings is 1. The van der Waals surface area contributed by atoms with Crippen molar-refractivity contribution in [3.63, 3.8) is 0 Å². The van der Waals surface area contributed by atoms with Gasteiger partial charge in [0.1, 0.15) is 12.2 Å². The number of H-pyrrole nitrogens is 1. The molecule has 30 heavy (non-hydrogen) atoms. The van der Waals surface area contributed by atoms with Gasteiger partial charge in [0.2, 0.25) is 5.91 Å². The first kappa shape index (κ1) is 20.0. The second kappa shape index (κ2) is 8.99. The Bertz CT molecular complexity index is 998. The van der Waals surface area contributed by atoms with E-state index in [1.165, 1.54) is 0 Å². The van der Waals surface area contributed by atoms with Gasteiger partial charge < -0.3 is 14.8 Å². The molecule has 0 spiro atoms. The fourth-order valence-corrected chi connectivity index (χ4v) is 4.05. The lowest BCUT2D eigenvalue weighted by atomic mass is 10.0. The Labute approximate surface area is 177 Å². The van der Waals surface area contributed by atoms with E-state index < -0.39 is 0 Å². The molecular weight excluding hydrogens is 374 g/mol. The number of hydrogen-bond donors (Lipinski definition) is 1. The van der Waals surface area contributed by atoms with Crippen LogP contribution in [0.2, 0.25) is 0 Å². The molecular formula is C25H27N3O2. The summed E-state index contributed by atoms with van der Waals surface area (Å²) in [5, 5.41) is 0. The van der Waals surface area contributed by atoms with Crippen molar-refractivity contribution in [3.8, 4) is 11.1 Å². The van der Waals surface area contributed by atoms with Crippen LogP contribution >= 0.6 is 0 Å². The highest BCUT2D eigenvalue weighted by Crippen LogP contribution is 2.28. The molecule has 1 aromatic heterocycles. The number of hydrogen-bond acceptors (Lipinski definition) is 2. The molecule has 0 saturated carbocycles. The van der Waals surface area contributed by atoms with Gasteiger partial charge in [-0.05, 0) is 41.8 Å². The molecule has 1 saturated heterocycles. The highest BCUT2D eigenvalue weighted by atomic mass is 16.2. The number of unbranched alkanes of at least 4 members (excludes halogenated alkanes) is 1. The van der Waals surface area contributed by atoms with Crippen LogP contribution in [0.5, 0.6) is 0 Å². The van der Waals surface area contributed by atoms with Crippen LogP contribution in [0.15, 0.2) is 72.9 Å². The van der Waals surface area contributed by atoms with Crippen LogP contribution in [0.1, 0.15) is 36.7 Å². The second-order valence-corrected chi connectivity index (χ2v) is 7.73. The second-order valence-electron chi connectivity index (χ2n) is 7.73. The van der Waals surface area contributed by atoms with Gasteiger partial charge in [-0.1, -0.05) is 62.2 Å². The zero-order chi connectivity index (χ0) is 20.9. The number of carbonyl (C=O) groups is 2. The van der Waals surface area contributed by atoms with Crippen LogP contribution in [0.3, 0.4) is 0 Å². The Morgan fingerprint density at radius 1 is 1.03 bits per heavy atom. The summed E-state index contributed by atoms with van der Waals surface area (Å²) in [4.78, 5) is 32.6. The van der Waals surface area contributed by atoms with E-state index in [0.29, 0.717) is 12.2 Å². The Morgan fingerprint density at radius 2 is 1.83 bits per heavy atom. The number of benzene rings is 2. The predicted molar refractivity (Wildman–Crippen MR) is 119 cm³/mol. The maximum absolute atomic E-state index is 13.1. The highest BCUT2D eigenvalue weighted by molar-refractivity contribution is 6.01. The lowest BCUT2D eigenvalue weighted by Crippen LogP contribution is -2.58. The zero-order valence-electron chi connectivity index (χ0n) is 17.3. The fraction of sp³-hybridized carbons (Fsp3) is 0.280. The van der Waals surface area contributed by atoms with Crippen LogP contribution in [0.4, 0.5) is 5.69 Å². The van der Waals surface area contributed by atoms with Gasteiger partial charge in [0.15, 0.2) is 0 Å². The van der Waals surface area contributed by atoms with Crippen LogP contribution in [0.25, 0.3) is 11.1 Å². The standard InChI is InChI=1S/C25H27N3O2/c1-2-3-12-22-17-27(24(29)18-28(22)25(30)23-14-8-15-26-23)21-13-7-11-20(16-21)19-9-5-4-6-10-19/h4-11,13-16,22,26H,2-3,12,17-18H2,1H3. The van der Waals surface area contributed by atoms with E-state index in [1.807, 2.05) is 35.2 Å². The quantitative estimate of drug-likeness (QED) is 0.649. The molecule has 0 bridgehead atoms. The van der Waals surface area contributed by atoms with E-state index in [0.717, 1.165) is 36.1 Å². The van der Waals surface area contributed by atoms with E-state index in [9.17, 15) is 9.59 Å². The SMILES string of the molecule is CCCCC1CN(c2cccc(-c3ccccc3)c2)C(=O)CN1C(=O)c1ccc[nH]1. The van der Waals surface area contributed by atoms with Crippen molar-refractivity contribution in [2.24, 2.45) is 0 Å². The van der Waals surface area contributed by atoms with Crippen LogP contribution in [0, 0.1) is 0 Å². The molecule has 1 aliphatic rings. The molecule has 2 amide bonds. The molecule has 2 aromatic carbocycles. The van der Waals surface area contributed by atoms with Gasteiger partial charge in [-0.3, -0.25) is 9.59 Å². The third kappa shape index (κ3) is 4.15. The molecule has 5 nitrogen and oxygen atoms in total. The van der Waals surface area contributed by atoms with Gasteiger partial charge >= 0.3 is 0 Å². The molecule has 1 fully saturated rings. The maximum Gasteiger partial charge on any atom is 0.271 e. The number of aromatic amines is 1. The highest BCUT2D eigenvalue weighted by Gasteiger charge is 2.36. The molecule has 0 radical (unpaired) electrons. The number of rotatable bonds is 6. The van der Waals surface area contributed by atoms with Gasteiger partial charge in [-0.2, -0.15) is 0 Å². The number of nitrogens with zero attached hydrogens (tertiary/aromatic N) is 2. The van der Waals surface area contributed by atoms with Crippen molar-refractivity contribution < 1.29 is 9.59 Å². The summed E-state index contributed by atoms with van der Waals surface area (Å²) >= 11 is 0. The van der Waals surface area contributed by atoms with E-state index in [2.05, 4.69) is 36.2 Å². The van der Waals surface area contributed by atoms with Gasteiger partial charge in [-0.25, -0.2) is 0 Å². The minimum atomic E-state index is -0.105. The summed E-state index contributed by atoms with van der Waals surface area (Å²) in [6.45, 7) is 2.76. The van der Waals surface area contributed by atoms with Crippen molar-refractivity contribution >= 4 is 17.5 Å². The third-order valence-corrected chi connectivity index (χ3v) is 5.69. The molecule has 1 atom stereocenters. The molecule has 0 aliphatic carbocycles. The van der Waals surface area contributed by atoms with Crippen molar-refractivity contribution in [2.75, 3.05) is 18.0 Å². The summed E-state index contributed by atoms with van der Waals surface area (Å²) < 4.78 is 0. The number of aromatic nitrogens is 1. The summed E-state index contributed by atoms with van der Waals surface area (Å²) in [6.07, 6.45) is 4.69. The van der Waals surface area contributed by atoms with E-state index in [4.69, 9.17) is 0 Å². The van der Waals surface area contributed by atoms with Crippen molar-refractivity contribution in [1.29, 1.82) is 0 Å². The minimum Gasteiger partial charge on any atom is -0.357 e. The van der Waals surface area contributed by atoms with E-state index in [1.54, 1.807) is 23.2 Å². The normalized spacial score (nSPS) is 16.7. The van der Waals surface area contributed by atoms with E-state index >= 15 is 0 Å². The predicted octanol–water partition coefficient (Wildman–Crippen LogP) is 4.73. The average Bonchev–Trinajstić information content (AvgIpc) is 3.33. The number of anilines is 1. The summed E-state index contributed by atoms with van der Waals surface area (Å²) in [5.41, 5.74) is 3.62. The molecule has 1 unspecified atom stereocenters. The molecule has 3 aromatic rings. The Morgan fingerprint density at radius 3 is 2.57 bits per heavy atom. The van der Waals surface area contributed by atoms with Crippen molar-refractivity contribution in [2.45, 2.75) is 32.2 Å². The fourth-order valence-electron chi connectivity index (χ4n) is 4.05. The van der Waals surface area contributed by atoms with Gasteiger partial charge in [-0.15, -0.1) is 0 Å². The molecule has 1 aliphatic heterocycles. The Hall–Kier alpha value is -3.34. The molecule has 2 heterocycles. The number of nitrogens with one attached hydrogen (secondary N) is 1. The molecule has 1 N–H and O–H groups in total. The average molecular weight is 402 g/mol. The first-order chi connectivity index (χ1) is 14.7. The third-order valence-electron chi connectivity index (χ3n) is 5.69. The zero-order valence-corrected chi connectivity index (χ0v) is 17.3. The summed E-state index contributed by atoms with van der Waals surface area (Å²) in [7, 11) is 0. The monoisotopic (exact) mass is 401 g/mol. The van der Waals surface area contributed by atoms with Crippen molar-refractivity contribution in [3.05, 3.63) is 78.6 Å². The van der Waals surface area contributed by atoms with Crippen LogP contribution < -0.4 is 4.90 Å². The lowest BCUT2D eigenvalue weighted by molar-refractivity contribution is -0.121. The Kier molecular flexibility index (Phi) is 5.98. The van der Waals surface area contributed by atoms with Gasteiger partial charge in [0, 0.05) is 18.4 Å². The largest absolute Gasteiger partial charge is 0.357 e. The van der Waals surface area contributed by atoms with Gasteiger partial charge in [0.25, 0.3) is 5.91 Å². The number of carbonyl (C=O) groups excluding carboxylic acids is 2. The first-order valence-electron chi connectivity index (χ1n) is 10.6. The van der Waals surface area contributed by atoms with E-state index in [-0.39, 0.29) is 24.4 Å². The number of amides is 2. The maximum atomic E-state index is 13.1. The van der Waals surface area contributed by atoms with Gasteiger partial charge in [0.05, 0.1) is 6.04 Å². The van der Waals surface area contributed by atoms with Crippen molar-refractivity contribution in [1.82, 2.24) is 9.88 Å². The first-order valence-corrected chi connectivity index (χ1v) is 10.6. The Balaban J connectivity index is 1.60. The lowest BCUT2D eigenvalue weighted by Gasteiger charge is -2.41. The summed E-state index contributed by atoms with van der Waals surface area (Å²) in [5.74, 6) is -0.153. The smallest absolute Gasteiger partial charge is 0.271 e. The molecule has 5 heteroatoms. The van der Waals surface area contributed by atoms with Crippen LogP contribution in [-0.2, 0) is 4.79 Å².